The summed E-state index contributed by atoms with van der Waals surface area (Å²) in [5, 5.41) is 9.00. The van der Waals surface area contributed by atoms with Gasteiger partial charge >= 0.3 is 0 Å². The average molecular weight is 219 g/mol. The molecule has 1 fully saturated rings. The summed E-state index contributed by atoms with van der Waals surface area (Å²) >= 11 is 0. The molecule has 0 bridgehead atoms. The van der Waals surface area contributed by atoms with Gasteiger partial charge in [0.15, 0.2) is 0 Å². The quantitative estimate of drug-likeness (QED) is 0.845. The van der Waals surface area contributed by atoms with E-state index in [1.807, 2.05) is 12.1 Å². The highest BCUT2D eigenvalue weighted by Gasteiger charge is 2.17. The molecule has 0 atom stereocenters. The fourth-order valence-corrected chi connectivity index (χ4v) is 2.52. The van der Waals surface area contributed by atoms with Crippen LogP contribution in [0.4, 0.5) is 5.69 Å². The predicted molar refractivity (Wildman–Crippen MR) is 67.6 cm³/mol. The zero-order chi connectivity index (χ0) is 11.4. The Kier molecular flexibility index (Phi) is 3.83. The summed E-state index contributed by atoms with van der Waals surface area (Å²) < 4.78 is 0. The fourth-order valence-electron chi connectivity index (χ4n) is 2.52. The Morgan fingerprint density at radius 3 is 2.31 bits per heavy atom. The lowest BCUT2D eigenvalue weighted by molar-refractivity contribution is 0.282. The van der Waals surface area contributed by atoms with E-state index in [9.17, 15) is 0 Å². The monoisotopic (exact) mass is 219 g/mol. The highest BCUT2D eigenvalue weighted by molar-refractivity contribution is 5.47. The van der Waals surface area contributed by atoms with Crippen molar-refractivity contribution in [2.75, 3.05) is 11.9 Å². The Bertz CT molecular complexity index is 314. The van der Waals surface area contributed by atoms with E-state index in [2.05, 4.69) is 24.1 Å². The summed E-state index contributed by atoms with van der Waals surface area (Å²) in [6.07, 6.45) is 6.76. The van der Waals surface area contributed by atoms with Crippen molar-refractivity contribution in [3.63, 3.8) is 0 Å². The molecule has 1 aromatic rings. The van der Waals surface area contributed by atoms with E-state index in [-0.39, 0.29) is 6.61 Å². The van der Waals surface area contributed by atoms with E-state index < -0.39 is 0 Å². The Morgan fingerprint density at radius 2 is 1.75 bits per heavy atom. The van der Waals surface area contributed by atoms with Gasteiger partial charge in [0.1, 0.15) is 0 Å². The molecule has 0 radical (unpaired) electrons. The normalized spacial score (nSPS) is 17.4. The molecule has 1 aliphatic carbocycles. The lowest BCUT2D eigenvalue weighted by Gasteiger charge is -2.33. The molecule has 0 saturated heterocycles. The Labute approximate surface area is 97.9 Å². The van der Waals surface area contributed by atoms with Gasteiger partial charge in [-0.25, -0.2) is 0 Å². The molecule has 0 heterocycles. The number of anilines is 1. The summed E-state index contributed by atoms with van der Waals surface area (Å²) in [5.41, 5.74) is 2.25. The number of nitrogens with zero attached hydrogens (tertiary/aromatic N) is 1. The summed E-state index contributed by atoms with van der Waals surface area (Å²) in [6, 6.07) is 8.94. The Balaban J connectivity index is 2.04. The van der Waals surface area contributed by atoms with Gasteiger partial charge in [-0.15, -0.1) is 0 Å². The van der Waals surface area contributed by atoms with Crippen LogP contribution in [0.5, 0.6) is 0 Å². The summed E-state index contributed by atoms with van der Waals surface area (Å²) in [5.74, 6) is 0. The van der Waals surface area contributed by atoms with Gasteiger partial charge in [0, 0.05) is 18.8 Å². The molecule has 88 valence electrons. The van der Waals surface area contributed by atoms with Crippen LogP contribution >= 0.6 is 0 Å². The van der Waals surface area contributed by atoms with Crippen molar-refractivity contribution in [1.29, 1.82) is 0 Å². The second-order valence-corrected chi connectivity index (χ2v) is 4.73. The third-order valence-corrected chi connectivity index (χ3v) is 3.65. The molecule has 16 heavy (non-hydrogen) atoms. The molecular weight excluding hydrogens is 198 g/mol. The first-order valence-corrected chi connectivity index (χ1v) is 6.24. The third-order valence-electron chi connectivity index (χ3n) is 3.65. The molecule has 1 aliphatic rings. The highest BCUT2D eigenvalue weighted by atomic mass is 16.3. The van der Waals surface area contributed by atoms with Gasteiger partial charge in [0.25, 0.3) is 0 Å². The SMILES string of the molecule is CN(c1ccc(CO)cc1)C1CCCCC1. The van der Waals surface area contributed by atoms with Crippen molar-refractivity contribution >= 4 is 5.69 Å². The standard InChI is InChI=1S/C14H21NO/c1-15(13-5-3-2-4-6-13)14-9-7-12(11-16)8-10-14/h7-10,13,16H,2-6,11H2,1H3. The third kappa shape index (κ3) is 2.56. The van der Waals surface area contributed by atoms with Crippen LogP contribution in [0.2, 0.25) is 0 Å². The lowest BCUT2D eigenvalue weighted by atomic mass is 9.94. The van der Waals surface area contributed by atoms with E-state index in [1.54, 1.807) is 0 Å². The molecule has 2 heteroatoms. The van der Waals surface area contributed by atoms with Crippen molar-refractivity contribution in [3.05, 3.63) is 29.8 Å². The second-order valence-electron chi connectivity index (χ2n) is 4.73. The number of aliphatic hydroxyl groups excluding tert-OH is 1. The van der Waals surface area contributed by atoms with Gasteiger partial charge < -0.3 is 10.0 Å². The molecule has 0 unspecified atom stereocenters. The number of rotatable bonds is 3. The molecule has 1 aromatic carbocycles. The van der Waals surface area contributed by atoms with Crippen molar-refractivity contribution < 1.29 is 5.11 Å². The van der Waals surface area contributed by atoms with E-state index in [1.165, 1.54) is 37.8 Å². The van der Waals surface area contributed by atoms with E-state index in [0.29, 0.717) is 6.04 Å². The zero-order valence-corrected chi connectivity index (χ0v) is 10.0. The van der Waals surface area contributed by atoms with Crippen LogP contribution in [0, 0.1) is 0 Å². The Morgan fingerprint density at radius 1 is 1.12 bits per heavy atom. The highest BCUT2D eigenvalue weighted by Crippen LogP contribution is 2.26. The molecule has 2 nitrogen and oxygen atoms in total. The van der Waals surface area contributed by atoms with Crippen molar-refractivity contribution in [2.45, 2.75) is 44.8 Å². The van der Waals surface area contributed by atoms with Crippen LogP contribution in [-0.4, -0.2) is 18.2 Å². The molecule has 0 aromatic heterocycles. The van der Waals surface area contributed by atoms with Crippen LogP contribution in [-0.2, 0) is 6.61 Å². The fraction of sp³-hybridized carbons (Fsp3) is 0.571. The van der Waals surface area contributed by atoms with E-state index in [0.717, 1.165) is 5.56 Å². The van der Waals surface area contributed by atoms with Crippen molar-refractivity contribution in [2.24, 2.45) is 0 Å². The maximum Gasteiger partial charge on any atom is 0.0681 e. The van der Waals surface area contributed by atoms with Crippen LogP contribution in [0.15, 0.2) is 24.3 Å². The molecular formula is C14H21NO. The van der Waals surface area contributed by atoms with Gasteiger partial charge in [-0.05, 0) is 30.5 Å². The minimum atomic E-state index is 0.132. The predicted octanol–water partition coefficient (Wildman–Crippen LogP) is 2.95. The smallest absolute Gasteiger partial charge is 0.0681 e. The zero-order valence-electron chi connectivity index (χ0n) is 10.0. The van der Waals surface area contributed by atoms with Gasteiger partial charge in [0.2, 0.25) is 0 Å². The first-order chi connectivity index (χ1) is 7.81. The molecule has 2 rings (SSSR count). The van der Waals surface area contributed by atoms with Crippen LogP contribution in [0.25, 0.3) is 0 Å². The van der Waals surface area contributed by atoms with Crippen molar-refractivity contribution in [3.8, 4) is 0 Å². The minimum Gasteiger partial charge on any atom is -0.392 e. The van der Waals surface area contributed by atoms with Crippen LogP contribution < -0.4 is 4.90 Å². The summed E-state index contributed by atoms with van der Waals surface area (Å²) in [7, 11) is 2.18. The van der Waals surface area contributed by atoms with Gasteiger partial charge in [-0.2, -0.15) is 0 Å². The molecule has 0 spiro atoms. The maximum absolute atomic E-state index is 9.00. The van der Waals surface area contributed by atoms with Crippen molar-refractivity contribution in [1.82, 2.24) is 0 Å². The number of hydrogen-bond acceptors (Lipinski definition) is 2. The number of aliphatic hydroxyl groups is 1. The largest absolute Gasteiger partial charge is 0.392 e. The minimum absolute atomic E-state index is 0.132. The van der Waals surface area contributed by atoms with Gasteiger partial charge in [-0.3, -0.25) is 0 Å². The van der Waals surface area contributed by atoms with E-state index in [4.69, 9.17) is 5.11 Å². The molecule has 0 aliphatic heterocycles. The Hall–Kier alpha value is -1.02. The first-order valence-electron chi connectivity index (χ1n) is 6.24. The number of benzene rings is 1. The topological polar surface area (TPSA) is 23.5 Å². The maximum atomic E-state index is 9.00. The molecule has 1 N–H and O–H groups in total. The van der Waals surface area contributed by atoms with Crippen LogP contribution in [0.3, 0.4) is 0 Å². The van der Waals surface area contributed by atoms with Crippen LogP contribution in [0.1, 0.15) is 37.7 Å². The molecule has 0 amide bonds. The summed E-state index contributed by atoms with van der Waals surface area (Å²) in [6.45, 7) is 0.132. The summed E-state index contributed by atoms with van der Waals surface area (Å²) in [4.78, 5) is 2.39. The number of hydrogen-bond donors (Lipinski definition) is 1. The average Bonchev–Trinajstić information content (AvgIpc) is 2.39. The lowest BCUT2D eigenvalue weighted by Crippen LogP contribution is -2.33. The van der Waals surface area contributed by atoms with Gasteiger partial charge in [-0.1, -0.05) is 31.4 Å². The second kappa shape index (κ2) is 5.35. The van der Waals surface area contributed by atoms with Gasteiger partial charge in [0.05, 0.1) is 6.61 Å². The molecule has 1 saturated carbocycles. The first kappa shape index (κ1) is 11.5. The van der Waals surface area contributed by atoms with E-state index >= 15 is 0 Å².